The maximum atomic E-state index is 12.0. The van der Waals surface area contributed by atoms with Gasteiger partial charge in [-0.25, -0.2) is 9.97 Å². The summed E-state index contributed by atoms with van der Waals surface area (Å²) in [4.78, 5) is 19.5. The molecule has 2 rings (SSSR count). The molecular weight excluding hydrogens is 287 g/mol. The molecule has 0 saturated heterocycles. The summed E-state index contributed by atoms with van der Waals surface area (Å²) < 4.78 is 0. The van der Waals surface area contributed by atoms with Crippen LogP contribution >= 0.6 is 23.2 Å². The van der Waals surface area contributed by atoms with Gasteiger partial charge in [0.15, 0.2) is 11.0 Å². The van der Waals surface area contributed by atoms with Gasteiger partial charge in [-0.15, -0.1) is 0 Å². The molecule has 5 nitrogen and oxygen atoms in total. The molecule has 0 fully saturated rings. The molecule has 94 valence electrons. The van der Waals surface area contributed by atoms with Crippen LogP contribution in [0.2, 0.25) is 10.2 Å². The predicted molar refractivity (Wildman–Crippen MR) is 71.2 cm³/mol. The zero-order valence-corrected chi connectivity index (χ0v) is 10.9. The van der Waals surface area contributed by atoms with E-state index in [-0.39, 0.29) is 16.0 Å². The molecule has 19 heavy (non-hydrogen) atoms. The highest BCUT2D eigenvalue weighted by Gasteiger charge is 2.12. The van der Waals surface area contributed by atoms with E-state index in [9.17, 15) is 4.79 Å². The summed E-state index contributed by atoms with van der Waals surface area (Å²) in [5.74, 6) is -0.317. The van der Waals surface area contributed by atoms with E-state index in [0.29, 0.717) is 11.1 Å². The minimum atomic E-state index is -0.436. The number of hydrogen-bond acceptors (Lipinski definition) is 4. The normalized spacial score (nSPS) is 9.74. The zero-order valence-electron chi connectivity index (χ0n) is 9.39. The molecule has 0 unspecified atom stereocenters. The number of aromatic nitrogens is 2. The van der Waals surface area contributed by atoms with Gasteiger partial charge in [0.05, 0.1) is 11.6 Å². The topological polar surface area (TPSA) is 78.7 Å². The molecule has 1 aromatic carbocycles. The molecule has 0 spiro atoms. The number of carbonyl (C=O) groups is 1. The molecule has 2 aromatic rings. The average Bonchev–Trinajstić information content (AvgIpc) is 2.44. The van der Waals surface area contributed by atoms with Gasteiger partial charge < -0.3 is 5.32 Å². The molecule has 0 saturated carbocycles. The first-order valence-electron chi connectivity index (χ1n) is 5.09. The molecule has 1 N–H and O–H groups in total. The first kappa shape index (κ1) is 13.3. The summed E-state index contributed by atoms with van der Waals surface area (Å²) in [6.07, 6.45) is 1.19. The molecule has 1 heterocycles. The Morgan fingerprint density at radius 1 is 1.32 bits per heavy atom. The van der Waals surface area contributed by atoms with Gasteiger partial charge in [0.1, 0.15) is 11.3 Å². The van der Waals surface area contributed by atoms with Crippen molar-refractivity contribution in [3.05, 3.63) is 51.9 Å². The molecule has 1 aromatic heterocycles. The van der Waals surface area contributed by atoms with Crippen molar-refractivity contribution in [2.75, 3.05) is 5.32 Å². The predicted octanol–water partition coefficient (Wildman–Crippen LogP) is 2.91. The van der Waals surface area contributed by atoms with Crippen molar-refractivity contribution in [3.63, 3.8) is 0 Å². The van der Waals surface area contributed by atoms with Gasteiger partial charge in [-0.3, -0.25) is 4.79 Å². The number of halogens is 2. The number of nitriles is 1. The van der Waals surface area contributed by atoms with Crippen LogP contribution in [0, 0.1) is 11.3 Å². The van der Waals surface area contributed by atoms with Crippen molar-refractivity contribution >= 4 is 34.9 Å². The summed E-state index contributed by atoms with van der Waals surface area (Å²) >= 11 is 11.6. The fraction of sp³-hybridized carbons (Fsp3) is 0. The third-order valence-corrected chi connectivity index (χ3v) is 2.97. The second-order valence-corrected chi connectivity index (χ2v) is 4.21. The summed E-state index contributed by atoms with van der Waals surface area (Å²) in [7, 11) is 0. The van der Waals surface area contributed by atoms with E-state index in [0.717, 1.165) is 0 Å². The van der Waals surface area contributed by atoms with E-state index in [1.54, 1.807) is 18.2 Å². The molecule has 7 heteroatoms. The number of benzene rings is 1. The van der Waals surface area contributed by atoms with Crippen LogP contribution < -0.4 is 5.32 Å². The fourth-order valence-electron chi connectivity index (χ4n) is 1.35. The quantitative estimate of drug-likeness (QED) is 0.863. The first-order valence-corrected chi connectivity index (χ1v) is 5.85. The van der Waals surface area contributed by atoms with Crippen LogP contribution in [0.15, 0.2) is 30.6 Å². The van der Waals surface area contributed by atoms with Gasteiger partial charge in [-0.05, 0) is 18.2 Å². The number of amides is 1. The van der Waals surface area contributed by atoms with Gasteiger partial charge in [-0.1, -0.05) is 29.3 Å². The van der Waals surface area contributed by atoms with Gasteiger partial charge in [-0.2, -0.15) is 5.26 Å². The summed E-state index contributed by atoms with van der Waals surface area (Å²) in [6.45, 7) is 0. The Bertz CT molecular complexity index is 682. The lowest BCUT2D eigenvalue weighted by Gasteiger charge is -2.06. The van der Waals surface area contributed by atoms with Gasteiger partial charge >= 0.3 is 0 Å². The Labute approximate surface area is 118 Å². The Balaban J connectivity index is 2.26. The highest BCUT2D eigenvalue weighted by atomic mass is 35.5. The monoisotopic (exact) mass is 292 g/mol. The molecule has 0 bridgehead atoms. The second-order valence-electron chi connectivity index (χ2n) is 3.47. The molecule has 0 aliphatic carbocycles. The van der Waals surface area contributed by atoms with Crippen LogP contribution in [0.1, 0.15) is 15.9 Å². The van der Waals surface area contributed by atoms with Crippen LogP contribution in [-0.2, 0) is 0 Å². The van der Waals surface area contributed by atoms with E-state index in [1.165, 1.54) is 12.4 Å². The minimum absolute atomic E-state index is 0.0535. The van der Waals surface area contributed by atoms with Crippen molar-refractivity contribution in [1.82, 2.24) is 9.97 Å². The standard InChI is InChI=1S/C12H6Cl2N4O/c13-9-10(14)16-6-17-11(9)18-12(19)8-3-1-2-7(4-8)5-15/h1-4,6H,(H,16,17,18,19). The molecule has 0 atom stereocenters. The average molecular weight is 293 g/mol. The smallest absolute Gasteiger partial charge is 0.256 e. The summed E-state index contributed by atoms with van der Waals surface area (Å²) in [5.41, 5.74) is 0.712. The van der Waals surface area contributed by atoms with Crippen LogP contribution in [0.3, 0.4) is 0 Å². The van der Waals surface area contributed by atoms with Crippen LogP contribution in [0.25, 0.3) is 0 Å². The van der Waals surface area contributed by atoms with Crippen LogP contribution in [0.4, 0.5) is 5.82 Å². The number of carbonyl (C=O) groups excluding carboxylic acids is 1. The van der Waals surface area contributed by atoms with E-state index in [4.69, 9.17) is 28.5 Å². The third kappa shape index (κ3) is 2.99. The lowest BCUT2D eigenvalue weighted by Crippen LogP contribution is -2.13. The largest absolute Gasteiger partial charge is 0.305 e. The molecular formula is C12H6Cl2N4O. The van der Waals surface area contributed by atoms with Crippen LogP contribution in [-0.4, -0.2) is 15.9 Å². The van der Waals surface area contributed by atoms with E-state index in [1.807, 2.05) is 6.07 Å². The lowest BCUT2D eigenvalue weighted by molar-refractivity contribution is 0.102. The van der Waals surface area contributed by atoms with Crippen molar-refractivity contribution in [1.29, 1.82) is 5.26 Å². The van der Waals surface area contributed by atoms with E-state index in [2.05, 4.69) is 15.3 Å². The Hall–Kier alpha value is -2.16. The lowest BCUT2D eigenvalue weighted by atomic mass is 10.1. The number of rotatable bonds is 2. The Morgan fingerprint density at radius 3 is 2.84 bits per heavy atom. The van der Waals surface area contributed by atoms with Crippen molar-refractivity contribution in [2.24, 2.45) is 0 Å². The van der Waals surface area contributed by atoms with E-state index >= 15 is 0 Å². The van der Waals surface area contributed by atoms with Crippen LogP contribution in [0.5, 0.6) is 0 Å². The highest BCUT2D eigenvalue weighted by Crippen LogP contribution is 2.25. The minimum Gasteiger partial charge on any atom is -0.305 e. The Kier molecular flexibility index (Phi) is 3.95. The number of nitrogens with one attached hydrogen (secondary N) is 1. The van der Waals surface area contributed by atoms with Gasteiger partial charge in [0.2, 0.25) is 0 Å². The molecule has 0 radical (unpaired) electrons. The summed E-state index contributed by atoms with van der Waals surface area (Å²) in [6, 6.07) is 8.21. The molecule has 0 aliphatic rings. The van der Waals surface area contributed by atoms with Gasteiger partial charge in [0, 0.05) is 5.56 Å². The zero-order chi connectivity index (χ0) is 13.8. The summed E-state index contributed by atoms with van der Waals surface area (Å²) in [5, 5.41) is 11.4. The number of anilines is 1. The van der Waals surface area contributed by atoms with E-state index < -0.39 is 5.91 Å². The molecule has 1 amide bonds. The van der Waals surface area contributed by atoms with Gasteiger partial charge in [0.25, 0.3) is 5.91 Å². The number of nitrogens with zero attached hydrogens (tertiary/aromatic N) is 3. The second kappa shape index (κ2) is 5.65. The molecule has 0 aliphatic heterocycles. The highest BCUT2D eigenvalue weighted by molar-refractivity contribution is 6.43. The fourth-order valence-corrected chi connectivity index (χ4v) is 1.62. The number of hydrogen-bond donors (Lipinski definition) is 1. The van der Waals surface area contributed by atoms with Crippen molar-refractivity contribution in [3.8, 4) is 6.07 Å². The first-order chi connectivity index (χ1) is 9.11. The maximum Gasteiger partial charge on any atom is 0.256 e. The Morgan fingerprint density at radius 2 is 2.11 bits per heavy atom. The van der Waals surface area contributed by atoms with Crippen molar-refractivity contribution < 1.29 is 4.79 Å². The maximum absolute atomic E-state index is 12.0. The van der Waals surface area contributed by atoms with Crippen molar-refractivity contribution in [2.45, 2.75) is 0 Å². The SMILES string of the molecule is N#Cc1cccc(C(=O)Nc2ncnc(Cl)c2Cl)c1. The third-order valence-electron chi connectivity index (χ3n) is 2.23.